The van der Waals surface area contributed by atoms with E-state index in [0.717, 1.165) is 15.7 Å². The minimum absolute atomic E-state index is 0.101. The number of hydrogen-bond donors (Lipinski definition) is 1. The Kier molecular flexibility index (Phi) is 5.44. The molecule has 1 amide bonds. The van der Waals surface area contributed by atoms with Gasteiger partial charge in [-0.15, -0.1) is 10.2 Å². The third kappa shape index (κ3) is 4.23. The Hall–Kier alpha value is -2.26. The molecule has 0 radical (unpaired) electrons. The molecule has 1 aromatic carbocycles. The average molecular weight is 419 g/mol. The van der Waals surface area contributed by atoms with Crippen molar-refractivity contribution < 1.29 is 4.79 Å². The van der Waals surface area contributed by atoms with Gasteiger partial charge in [-0.2, -0.15) is 0 Å². The van der Waals surface area contributed by atoms with E-state index in [4.69, 9.17) is 0 Å². The first-order valence-electron chi connectivity index (χ1n) is 7.39. The summed E-state index contributed by atoms with van der Waals surface area (Å²) in [4.78, 5) is 20.4. The maximum Gasteiger partial charge on any atom is 0.234 e. The fourth-order valence-electron chi connectivity index (χ4n) is 2.13. The van der Waals surface area contributed by atoms with Crippen LogP contribution in [-0.2, 0) is 11.8 Å². The minimum atomic E-state index is -0.101. The van der Waals surface area contributed by atoms with Crippen molar-refractivity contribution in [2.75, 3.05) is 11.1 Å². The topological polar surface area (TPSA) is 85.6 Å². The second kappa shape index (κ2) is 7.75. The third-order valence-corrected chi connectivity index (χ3v) is 5.31. The van der Waals surface area contributed by atoms with Crippen molar-refractivity contribution in [1.29, 1.82) is 0 Å². The number of hydrogen-bond acceptors (Lipinski definition) is 6. The van der Waals surface area contributed by atoms with Gasteiger partial charge in [-0.1, -0.05) is 27.7 Å². The maximum atomic E-state index is 12.1. The van der Waals surface area contributed by atoms with Crippen LogP contribution in [0.5, 0.6) is 0 Å². The van der Waals surface area contributed by atoms with Crippen LogP contribution >= 0.6 is 27.7 Å². The van der Waals surface area contributed by atoms with Crippen molar-refractivity contribution in [1.82, 2.24) is 24.7 Å². The van der Waals surface area contributed by atoms with E-state index in [-0.39, 0.29) is 11.7 Å². The SMILES string of the molecule is Cc1cc(NC(=O)CSc2nnc(-c3cnccn3)n2C)ccc1Br. The lowest BCUT2D eigenvalue weighted by Gasteiger charge is -2.07. The number of carbonyl (C=O) groups excluding carboxylic acids is 1. The van der Waals surface area contributed by atoms with E-state index in [1.165, 1.54) is 11.8 Å². The summed E-state index contributed by atoms with van der Waals surface area (Å²) in [6.45, 7) is 1.97. The summed E-state index contributed by atoms with van der Waals surface area (Å²) in [5, 5.41) is 11.8. The van der Waals surface area contributed by atoms with Crippen LogP contribution in [0.15, 0.2) is 46.4 Å². The van der Waals surface area contributed by atoms with Gasteiger partial charge in [-0.25, -0.2) is 4.98 Å². The first-order chi connectivity index (χ1) is 12.0. The molecule has 3 aromatic rings. The van der Waals surface area contributed by atoms with Gasteiger partial charge in [0, 0.05) is 29.6 Å². The number of carbonyl (C=O) groups is 1. The summed E-state index contributed by atoms with van der Waals surface area (Å²) < 4.78 is 2.81. The summed E-state index contributed by atoms with van der Waals surface area (Å²) >= 11 is 4.76. The van der Waals surface area contributed by atoms with Crippen molar-refractivity contribution in [3.63, 3.8) is 0 Å². The summed E-state index contributed by atoms with van der Waals surface area (Å²) in [5.74, 6) is 0.747. The average Bonchev–Trinajstić information content (AvgIpc) is 2.98. The highest BCUT2D eigenvalue weighted by Crippen LogP contribution is 2.22. The number of nitrogens with one attached hydrogen (secondary N) is 1. The molecule has 0 aliphatic carbocycles. The smallest absolute Gasteiger partial charge is 0.234 e. The number of thioether (sulfide) groups is 1. The molecule has 0 unspecified atom stereocenters. The number of aromatic nitrogens is 5. The molecule has 0 fully saturated rings. The van der Waals surface area contributed by atoms with E-state index in [9.17, 15) is 4.79 Å². The first kappa shape index (κ1) is 17.6. The highest BCUT2D eigenvalue weighted by atomic mass is 79.9. The molecule has 1 N–H and O–H groups in total. The van der Waals surface area contributed by atoms with Crippen molar-refractivity contribution in [2.24, 2.45) is 7.05 Å². The largest absolute Gasteiger partial charge is 0.325 e. The van der Waals surface area contributed by atoms with Gasteiger partial charge in [-0.05, 0) is 30.7 Å². The van der Waals surface area contributed by atoms with Crippen LogP contribution in [0.2, 0.25) is 0 Å². The van der Waals surface area contributed by atoms with Gasteiger partial charge in [0.15, 0.2) is 11.0 Å². The number of benzene rings is 1. The molecule has 128 valence electrons. The van der Waals surface area contributed by atoms with E-state index in [2.05, 4.69) is 41.4 Å². The summed E-state index contributed by atoms with van der Waals surface area (Å²) in [6.07, 6.45) is 4.83. The van der Waals surface area contributed by atoms with E-state index in [0.29, 0.717) is 16.7 Å². The Morgan fingerprint density at radius 1 is 1.32 bits per heavy atom. The second-order valence-corrected chi connectivity index (χ2v) is 7.05. The fraction of sp³-hybridized carbons (Fsp3) is 0.188. The van der Waals surface area contributed by atoms with E-state index >= 15 is 0 Å². The zero-order valence-electron chi connectivity index (χ0n) is 13.6. The standard InChI is InChI=1S/C16H15BrN6OS/c1-10-7-11(3-4-12(10)17)20-14(24)9-25-16-22-21-15(23(16)2)13-8-18-5-6-19-13/h3-8H,9H2,1-2H3,(H,20,24). The van der Waals surface area contributed by atoms with Crippen molar-refractivity contribution in [3.05, 3.63) is 46.8 Å². The molecule has 2 aromatic heterocycles. The van der Waals surface area contributed by atoms with Gasteiger partial charge in [0.1, 0.15) is 5.69 Å². The van der Waals surface area contributed by atoms with Gasteiger partial charge >= 0.3 is 0 Å². The Labute approximate surface area is 157 Å². The lowest BCUT2D eigenvalue weighted by atomic mass is 10.2. The first-order valence-corrected chi connectivity index (χ1v) is 9.17. The number of aryl methyl sites for hydroxylation is 1. The van der Waals surface area contributed by atoms with Crippen molar-refractivity contribution in [3.8, 4) is 11.5 Å². The van der Waals surface area contributed by atoms with Crippen molar-refractivity contribution in [2.45, 2.75) is 12.1 Å². The lowest BCUT2D eigenvalue weighted by molar-refractivity contribution is -0.113. The van der Waals surface area contributed by atoms with Gasteiger partial charge in [0.25, 0.3) is 0 Å². The van der Waals surface area contributed by atoms with Crippen LogP contribution in [0.25, 0.3) is 11.5 Å². The lowest BCUT2D eigenvalue weighted by Crippen LogP contribution is -2.14. The fourth-order valence-corrected chi connectivity index (χ4v) is 3.09. The van der Waals surface area contributed by atoms with Crippen LogP contribution < -0.4 is 5.32 Å². The number of anilines is 1. The zero-order valence-corrected chi connectivity index (χ0v) is 16.0. The van der Waals surface area contributed by atoms with Crippen LogP contribution in [-0.4, -0.2) is 36.4 Å². The second-order valence-electron chi connectivity index (χ2n) is 5.26. The molecule has 0 atom stereocenters. The zero-order chi connectivity index (χ0) is 17.8. The Morgan fingerprint density at radius 2 is 2.16 bits per heavy atom. The van der Waals surface area contributed by atoms with E-state index in [1.54, 1.807) is 23.2 Å². The molecule has 2 heterocycles. The molecule has 0 bridgehead atoms. The molecule has 0 saturated carbocycles. The van der Waals surface area contributed by atoms with Crippen LogP contribution in [0.1, 0.15) is 5.56 Å². The van der Waals surface area contributed by atoms with Gasteiger partial charge in [-0.3, -0.25) is 9.78 Å². The summed E-state index contributed by atoms with van der Waals surface area (Å²) in [5.41, 5.74) is 2.47. The number of halogens is 1. The predicted molar refractivity (Wildman–Crippen MR) is 100 cm³/mol. The minimum Gasteiger partial charge on any atom is -0.325 e. The highest BCUT2D eigenvalue weighted by molar-refractivity contribution is 9.10. The number of amides is 1. The number of nitrogens with zero attached hydrogens (tertiary/aromatic N) is 5. The van der Waals surface area contributed by atoms with E-state index in [1.807, 2.05) is 32.2 Å². The molecule has 0 aliphatic heterocycles. The summed E-state index contributed by atoms with van der Waals surface area (Å²) in [7, 11) is 1.84. The van der Waals surface area contributed by atoms with Crippen LogP contribution in [0, 0.1) is 6.92 Å². The normalized spacial score (nSPS) is 10.7. The molecule has 7 nitrogen and oxygen atoms in total. The van der Waals surface area contributed by atoms with Gasteiger partial charge < -0.3 is 9.88 Å². The van der Waals surface area contributed by atoms with Gasteiger partial charge in [0.05, 0.1) is 11.9 Å². The molecule has 0 spiro atoms. The Bertz CT molecular complexity index is 899. The quantitative estimate of drug-likeness (QED) is 0.640. The van der Waals surface area contributed by atoms with E-state index < -0.39 is 0 Å². The molecular weight excluding hydrogens is 404 g/mol. The molecular formula is C16H15BrN6OS. The molecule has 9 heteroatoms. The van der Waals surface area contributed by atoms with Crippen LogP contribution in [0.4, 0.5) is 5.69 Å². The Balaban J connectivity index is 1.63. The molecule has 0 aliphatic rings. The van der Waals surface area contributed by atoms with Gasteiger partial charge in [0.2, 0.25) is 5.91 Å². The van der Waals surface area contributed by atoms with Crippen molar-refractivity contribution >= 4 is 39.3 Å². The predicted octanol–water partition coefficient (Wildman–Crippen LogP) is 3.07. The molecule has 0 saturated heterocycles. The van der Waals surface area contributed by atoms with Crippen LogP contribution in [0.3, 0.4) is 0 Å². The summed E-state index contributed by atoms with van der Waals surface area (Å²) in [6, 6.07) is 5.68. The Morgan fingerprint density at radius 3 is 2.88 bits per heavy atom. The monoisotopic (exact) mass is 418 g/mol. The molecule has 25 heavy (non-hydrogen) atoms. The highest BCUT2D eigenvalue weighted by Gasteiger charge is 2.14. The number of rotatable bonds is 5. The maximum absolute atomic E-state index is 12.1. The molecule has 3 rings (SSSR count). The third-order valence-electron chi connectivity index (χ3n) is 3.40.